The molecule has 1 aliphatic carbocycles. The molecule has 31 heavy (non-hydrogen) atoms. The van der Waals surface area contributed by atoms with Gasteiger partial charge < -0.3 is 5.32 Å². The number of piperidine rings is 1. The van der Waals surface area contributed by atoms with Crippen LogP contribution in [0.1, 0.15) is 51.0 Å². The quantitative estimate of drug-likeness (QED) is 0.664. The van der Waals surface area contributed by atoms with Crippen molar-refractivity contribution in [1.29, 1.82) is 0 Å². The first kappa shape index (κ1) is 22.6. The van der Waals surface area contributed by atoms with Crippen LogP contribution >= 0.6 is 23.2 Å². The molecule has 1 aliphatic heterocycles. The first-order valence-corrected chi connectivity index (χ1v) is 12.9. The van der Waals surface area contributed by atoms with Crippen LogP contribution in [-0.2, 0) is 14.8 Å². The highest BCUT2D eigenvalue weighted by Gasteiger charge is 2.33. The Morgan fingerprint density at radius 2 is 1.74 bits per heavy atom. The minimum atomic E-state index is -3.76. The van der Waals surface area contributed by atoms with Crippen molar-refractivity contribution >= 4 is 45.0 Å². The van der Waals surface area contributed by atoms with E-state index >= 15 is 0 Å². The van der Waals surface area contributed by atoms with E-state index in [9.17, 15) is 13.2 Å². The van der Waals surface area contributed by atoms with E-state index in [2.05, 4.69) is 10.4 Å². The monoisotopic (exact) mass is 484 g/mol. The van der Waals surface area contributed by atoms with E-state index in [0.29, 0.717) is 23.9 Å². The van der Waals surface area contributed by atoms with E-state index in [0.717, 1.165) is 18.7 Å². The van der Waals surface area contributed by atoms with Crippen LogP contribution in [0.3, 0.4) is 0 Å². The van der Waals surface area contributed by atoms with Gasteiger partial charge in [0.1, 0.15) is 10.7 Å². The summed E-state index contributed by atoms with van der Waals surface area (Å²) in [7, 11) is -3.76. The van der Waals surface area contributed by atoms with Crippen molar-refractivity contribution in [3.05, 3.63) is 40.5 Å². The zero-order valence-electron chi connectivity index (χ0n) is 17.1. The second-order valence-corrected chi connectivity index (χ2v) is 10.9. The van der Waals surface area contributed by atoms with Gasteiger partial charge in [0.2, 0.25) is 15.9 Å². The Morgan fingerprint density at radius 3 is 2.45 bits per heavy atom. The molecule has 0 atom stereocenters. The third kappa shape index (κ3) is 4.92. The highest BCUT2D eigenvalue weighted by Crippen LogP contribution is 2.32. The third-order valence-corrected chi connectivity index (χ3v) is 8.79. The molecule has 7 nitrogen and oxygen atoms in total. The predicted octanol–water partition coefficient (Wildman–Crippen LogP) is 4.73. The van der Waals surface area contributed by atoms with Gasteiger partial charge >= 0.3 is 0 Å². The third-order valence-electron chi connectivity index (χ3n) is 6.18. The molecule has 168 valence electrons. The highest BCUT2D eigenvalue weighted by atomic mass is 35.5. The lowest BCUT2D eigenvalue weighted by Crippen LogP contribution is -2.41. The van der Waals surface area contributed by atoms with Gasteiger partial charge in [0.05, 0.1) is 17.3 Å². The zero-order chi connectivity index (χ0) is 22.0. The molecule has 2 heterocycles. The molecular weight excluding hydrogens is 459 g/mol. The Kier molecular flexibility index (Phi) is 6.91. The largest absolute Gasteiger partial charge is 0.311 e. The Bertz CT molecular complexity index is 1040. The molecular formula is C21H26Cl2N4O3S. The van der Waals surface area contributed by atoms with Crippen molar-refractivity contribution in [3.8, 4) is 0 Å². The smallest absolute Gasteiger partial charge is 0.244 e. The number of hydrogen-bond acceptors (Lipinski definition) is 4. The molecule has 1 amide bonds. The maximum Gasteiger partial charge on any atom is 0.244 e. The number of aromatic nitrogens is 2. The average Bonchev–Trinajstić information content (AvgIpc) is 3.24. The van der Waals surface area contributed by atoms with Crippen molar-refractivity contribution in [2.45, 2.75) is 55.9 Å². The van der Waals surface area contributed by atoms with Crippen LogP contribution in [0.5, 0.6) is 0 Å². The van der Waals surface area contributed by atoms with Crippen LogP contribution in [-0.4, -0.2) is 41.5 Å². The van der Waals surface area contributed by atoms with Gasteiger partial charge in [-0.1, -0.05) is 42.5 Å². The van der Waals surface area contributed by atoms with Crippen LogP contribution in [0.2, 0.25) is 10.0 Å². The summed E-state index contributed by atoms with van der Waals surface area (Å²) in [6, 6.07) is 6.55. The number of nitrogens with one attached hydrogen (secondary N) is 1. The number of carbonyl (C=O) groups excluding carboxylic acids is 1. The number of anilines is 1. The number of hydrogen-bond donors (Lipinski definition) is 1. The Morgan fingerprint density at radius 1 is 1.03 bits per heavy atom. The maximum atomic E-state index is 13.0. The summed E-state index contributed by atoms with van der Waals surface area (Å²) in [5.74, 6) is 0.379. The van der Waals surface area contributed by atoms with Gasteiger partial charge in [0, 0.05) is 30.1 Å². The molecule has 1 saturated carbocycles. The van der Waals surface area contributed by atoms with Crippen molar-refractivity contribution in [2.24, 2.45) is 5.92 Å². The number of nitrogens with zero attached hydrogens (tertiary/aromatic N) is 3. The lowest BCUT2D eigenvalue weighted by Gasteiger charge is -2.31. The molecule has 2 aromatic rings. The molecule has 0 spiro atoms. The van der Waals surface area contributed by atoms with Crippen LogP contribution in [0.15, 0.2) is 35.4 Å². The Labute approximate surface area is 192 Å². The number of amides is 1. The number of halogens is 2. The molecule has 0 radical (unpaired) electrons. The van der Waals surface area contributed by atoms with Crippen molar-refractivity contribution in [3.63, 3.8) is 0 Å². The van der Waals surface area contributed by atoms with E-state index in [-0.39, 0.29) is 34.8 Å². The van der Waals surface area contributed by atoms with Gasteiger partial charge in [0.25, 0.3) is 0 Å². The Balaban J connectivity index is 1.38. The summed E-state index contributed by atoms with van der Waals surface area (Å²) in [5.41, 5.74) is 0. The summed E-state index contributed by atoms with van der Waals surface area (Å²) in [6.07, 6.45) is 8.37. The summed E-state index contributed by atoms with van der Waals surface area (Å²) in [5, 5.41) is 7.89. The fourth-order valence-electron chi connectivity index (χ4n) is 4.43. The summed E-state index contributed by atoms with van der Waals surface area (Å²) >= 11 is 12.1. The van der Waals surface area contributed by atoms with Crippen molar-refractivity contribution in [2.75, 3.05) is 18.4 Å². The minimum Gasteiger partial charge on any atom is -0.311 e. The van der Waals surface area contributed by atoms with E-state index in [1.165, 1.54) is 35.7 Å². The summed E-state index contributed by atoms with van der Waals surface area (Å²) in [6.45, 7) is 0.510. The number of sulfonamides is 1. The second-order valence-electron chi connectivity index (χ2n) is 8.20. The Hall–Kier alpha value is -1.61. The average molecular weight is 485 g/mol. The van der Waals surface area contributed by atoms with Crippen molar-refractivity contribution in [1.82, 2.24) is 14.1 Å². The summed E-state index contributed by atoms with van der Waals surface area (Å²) in [4.78, 5) is 12.9. The van der Waals surface area contributed by atoms with Gasteiger partial charge in [0.15, 0.2) is 0 Å². The topological polar surface area (TPSA) is 84.3 Å². The number of rotatable bonds is 5. The second kappa shape index (κ2) is 9.48. The normalized spacial score (nSPS) is 19.4. The van der Waals surface area contributed by atoms with E-state index in [1.54, 1.807) is 12.3 Å². The van der Waals surface area contributed by atoms with Crippen LogP contribution < -0.4 is 5.32 Å². The molecule has 10 heteroatoms. The predicted molar refractivity (Wildman–Crippen MR) is 121 cm³/mol. The molecule has 1 saturated heterocycles. The first-order chi connectivity index (χ1) is 14.9. The van der Waals surface area contributed by atoms with Crippen LogP contribution in [0.25, 0.3) is 0 Å². The molecule has 1 aromatic heterocycles. The van der Waals surface area contributed by atoms with Crippen molar-refractivity contribution < 1.29 is 13.2 Å². The van der Waals surface area contributed by atoms with Crippen LogP contribution in [0, 0.1) is 5.92 Å². The molecule has 1 N–H and O–H groups in total. The molecule has 2 aliphatic rings. The van der Waals surface area contributed by atoms with Gasteiger partial charge in [-0.15, -0.1) is 0 Å². The standard InChI is InChI=1S/C21H26Cl2N4O3S/c22-16-6-7-18(23)19(14-16)31(29,30)26-12-9-15(10-13-26)21(28)25-20-8-11-24-27(20)17-4-2-1-3-5-17/h6-8,11,14-15,17H,1-5,9-10,12-13H2,(H,25,28). The van der Waals surface area contributed by atoms with Gasteiger partial charge in [-0.3, -0.25) is 4.79 Å². The van der Waals surface area contributed by atoms with E-state index in [4.69, 9.17) is 23.2 Å². The first-order valence-electron chi connectivity index (χ1n) is 10.7. The summed E-state index contributed by atoms with van der Waals surface area (Å²) < 4.78 is 29.3. The number of carbonyl (C=O) groups is 1. The molecule has 2 fully saturated rings. The fraction of sp³-hybridized carbons (Fsp3) is 0.524. The van der Waals surface area contributed by atoms with E-state index < -0.39 is 10.0 Å². The fourth-order valence-corrected chi connectivity index (χ4v) is 6.64. The minimum absolute atomic E-state index is 0.000881. The number of benzene rings is 1. The van der Waals surface area contributed by atoms with Crippen LogP contribution in [0.4, 0.5) is 5.82 Å². The van der Waals surface area contributed by atoms with Gasteiger partial charge in [-0.2, -0.15) is 9.40 Å². The maximum absolute atomic E-state index is 13.0. The molecule has 0 unspecified atom stereocenters. The highest BCUT2D eigenvalue weighted by molar-refractivity contribution is 7.89. The lowest BCUT2D eigenvalue weighted by atomic mass is 9.95. The van der Waals surface area contributed by atoms with Gasteiger partial charge in [-0.25, -0.2) is 13.1 Å². The van der Waals surface area contributed by atoms with Gasteiger partial charge in [-0.05, 0) is 43.9 Å². The zero-order valence-corrected chi connectivity index (χ0v) is 19.5. The van der Waals surface area contributed by atoms with E-state index in [1.807, 2.05) is 10.7 Å². The lowest BCUT2D eigenvalue weighted by molar-refractivity contribution is -0.121. The SMILES string of the molecule is O=C(Nc1ccnn1C1CCCCC1)C1CCN(S(=O)(=O)c2cc(Cl)ccc2Cl)CC1. The molecule has 4 rings (SSSR count). The molecule has 0 bridgehead atoms. The molecule has 1 aromatic carbocycles.